The predicted octanol–water partition coefficient (Wildman–Crippen LogP) is 4.84. The van der Waals surface area contributed by atoms with E-state index in [1.807, 2.05) is 0 Å². The standard InChI is InChI=1S/C16H17F2NO/c17-13-7-5-11(9-14(13)18)16-12(6-8-15(16)19-20)10-3-1-2-4-10/h5,7,9-10,15H,1-4,6,8H2. The van der Waals surface area contributed by atoms with Crippen molar-refractivity contribution in [1.29, 1.82) is 0 Å². The van der Waals surface area contributed by atoms with Crippen LogP contribution in [0.15, 0.2) is 28.9 Å². The first kappa shape index (κ1) is 13.4. The molecule has 0 amide bonds. The number of nitroso groups, excluding NO2 is 1. The molecule has 0 N–H and O–H groups in total. The minimum absolute atomic E-state index is 0.407. The zero-order valence-electron chi connectivity index (χ0n) is 11.2. The number of halogens is 2. The maximum absolute atomic E-state index is 13.5. The Labute approximate surface area is 116 Å². The molecule has 2 aliphatic carbocycles. The second-order valence-corrected chi connectivity index (χ2v) is 5.71. The van der Waals surface area contributed by atoms with Crippen LogP contribution in [0.5, 0.6) is 0 Å². The van der Waals surface area contributed by atoms with E-state index in [1.165, 1.54) is 24.5 Å². The van der Waals surface area contributed by atoms with E-state index in [9.17, 15) is 13.7 Å². The topological polar surface area (TPSA) is 29.4 Å². The van der Waals surface area contributed by atoms with E-state index in [4.69, 9.17) is 0 Å². The summed E-state index contributed by atoms with van der Waals surface area (Å²) >= 11 is 0. The van der Waals surface area contributed by atoms with Crippen molar-refractivity contribution in [1.82, 2.24) is 0 Å². The third kappa shape index (κ3) is 2.28. The molecule has 1 aromatic rings. The Balaban J connectivity index is 2.05. The summed E-state index contributed by atoms with van der Waals surface area (Å²) in [6.45, 7) is 0. The molecule has 0 heterocycles. The lowest BCUT2D eigenvalue weighted by Crippen LogP contribution is -2.05. The van der Waals surface area contributed by atoms with Gasteiger partial charge in [-0.05, 0) is 54.9 Å². The zero-order chi connectivity index (χ0) is 14.1. The first-order chi connectivity index (χ1) is 9.70. The minimum Gasteiger partial charge on any atom is -0.204 e. The van der Waals surface area contributed by atoms with E-state index in [-0.39, 0.29) is 0 Å². The van der Waals surface area contributed by atoms with Gasteiger partial charge < -0.3 is 0 Å². The SMILES string of the molecule is O=NC1CCC(C2CCCC2)=C1c1ccc(F)c(F)c1. The van der Waals surface area contributed by atoms with Crippen LogP contribution in [0.3, 0.4) is 0 Å². The maximum atomic E-state index is 13.5. The molecule has 1 atom stereocenters. The Morgan fingerprint density at radius 1 is 1.05 bits per heavy atom. The third-order valence-electron chi connectivity index (χ3n) is 4.57. The summed E-state index contributed by atoms with van der Waals surface area (Å²) in [5, 5.41) is 3.19. The van der Waals surface area contributed by atoms with E-state index >= 15 is 0 Å². The van der Waals surface area contributed by atoms with E-state index in [0.717, 1.165) is 30.9 Å². The van der Waals surface area contributed by atoms with Crippen molar-refractivity contribution < 1.29 is 8.78 Å². The largest absolute Gasteiger partial charge is 0.204 e. The van der Waals surface area contributed by atoms with Crippen LogP contribution in [0.2, 0.25) is 0 Å². The molecule has 20 heavy (non-hydrogen) atoms. The maximum Gasteiger partial charge on any atom is 0.159 e. The molecular weight excluding hydrogens is 260 g/mol. The zero-order valence-corrected chi connectivity index (χ0v) is 11.2. The van der Waals surface area contributed by atoms with E-state index < -0.39 is 17.7 Å². The molecule has 0 aromatic heterocycles. The normalized spacial score (nSPS) is 23.6. The van der Waals surface area contributed by atoms with Crippen molar-refractivity contribution in [3.05, 3.63) is 45.9 Å². The molecule has 1 unspecified atom stereocenters. The van der Waals surface area contributed by atoms with Crippen LogP contribution in [-0.4, -0.2) is 6.04 Å². The molecule has 0 radical (unpaired) electrons. The van der Waals surface area contributed by atoms with Crippen LogP contribution in [-0.2, 0) is 0 Å². The van der Waals surface area contributed by atoms with Gasteiger partial charge in [-0.25, -0.2) is 8.78 Å². The average Bonchev–Trinajstić information content (AvgIpc) is 3.09. The molecule has 4 heteroatoms. The van der Waals surface area contributed by atoms with E-state index in [2.05, 4.69) is 5.18 Å². The number of rotatable bonds is 3. The molecule has 2 nitrogen and oxygen atoms in total. The number of benzene rings is 1. The lowest BCUT2D eigenvalue weighted by Gasteiger charge is -2.15. The molecule has 3 rings (SSSR count). The van der Waals surface area contributed by atoms with Gasteiger partial charge in [0.15, 0.2) is 11.6 Å². The van der Waals surface area contributed by atoms with Crippen molar-refractivity contribution >= 4 is 5.57 Å². The summed E-state index contributed by atoms with van der Waals surface area (Å²) in [5.41, 5.74) is 2.72. The quantitative estimate of drug-likeness (QED) is 0.727. The van der Waals surface area contributed by atoms with Crippen LogP contribution in [0.1, 0.15) is 44.1 Å². The molecule has 1 fully saturated rings. The molecule has 0 spiro atoms. The van der Waals surface area contributed by atoms with Gasteiger partial charge in [-0.15, -0.1) is 0 Å². The first-order valence-electron chi connectivity index (χ1n) is 7.21. The molecule has 0 saturated heterocycles. The molecule has 0 aliphatic heterocycles. The van der Waals surface area contributed by atoms with E-state index in [0.29, 0.717) is 17.9 Å². The minimum atomic E-state index is -0.864. The van der Waals surface area contributed by atoms with Crippen molar-refractivity contribution in [2.24, 2.45) is 11.1 Å². The summed E-state index contributed by atoms with van der Waals surface area (Å²) in [5.74, 6) is -1.23. The Bertz CT molecular complexity index is 562. The monoisotopic (exact) mass is 277 g/mol. The van der Waals surface area contributed by atoms with Crippen LogP contribution >= 0.6 is 0 Å². The summed E-state index contributed by atoms with van der Waals surface area (Å²) in [7, 11) is 0. The lowest BCUT2D eigenvalue weighted by molar-refractivity contribution is 0.508. The number of hydrogen-bond acceptors (Lipinski definition) is 2. The van der Waals surface area contributed by atoms with Crippen LogP contribution in [0.25, 0.3) is 5.57 Å². The molecule has 1 aromatic carbocycles. The summed E-state index contributed by atoms with van der Waals surface area (Å²) in [4.78, 5) is 11.1. The van der Waals surface area contributed by atoms with Gasteiger partial charge in [0.05, 0.1) is 0 Å². The smallest absolute Gasteiger partial charge is 0.159 e. The molecule has 106 valence electrons. The molecule has 1 saturated carbocycles. The summed E-state index contributed by atoms with van der Waals surface area (Å²) in [6, 6.07) is 3.48. The predicted molar refractivity (Wildman–Crippen MR) is 74.1 cm³/mol. The Kier molecular flexibility index (Phi) is 3.64. The van der Waals surface area contributed by atoms with Crippen molar-refractivity contribution in [2.75, 3.05) is 0 Å². The number of hydrogen-bond donors (Lipinski definition) is 0. The van der Waals surface area contributed by atoms with Gasteiger partial charge in [0, 0.05) is 0 Å². The van der Waals surface area contributed by atoms with Gasteiger partial charge in [0.25, 0.3) is 0 Å². The summed E-state index contributed by atoms with van der Waals surface area (Å²) in [6.07, 6.45) is 6.23. The van der Waals surface area contributed by atoms with Crippen LogP contribution in [0, 0.1) is 22.5 Å². The number of nitrogens with zero attached hydrogens (tertiary/aromatic N) is 1. The number of allylic oxidation sites excluding steroid dienone is 1. The second-order valence-electron chi connectivity index (χ2n) is 5.71. The fourth-order valence-corrected chi connectivity index (χ4v) is 3.63. The van der Waals surface area contributed by atoms with Gasteiger partial charge in [-0.3, -0.25) is 0 Å². The Morgan fingerprint density at radius 2 is 1.80 bits per heavy atom. The second kappa shape index (κ2) is 5.43. The average molecular weight is 277 g/mol. The fraction of sp³-hybridized carbons (Fsp3) is 0.500. The van der Waals surface area contributed by atoms with Crippen LogP contribution < -0.4 is 0 Å². The van der Waals surface area contributed by atoms with Crippen molar-refractivity contribution in [3.63, 3.8) is 0 Å². The van der Waals surface area contributed by atoms with Crippen molar-refractivity contribution in [3.8, 4) is 0 Å². The van der Waals surface area contributed by atoms with Gasteiger partial charge in [-0.2, -0.15) is 4.91 Å². The molecular formula is C16H17F2NO. The highest BCUT2D eigenvalue weighted by Crippen LogP contribution is 2.44. The highest BCUT2D eigenvalue weighted by Gasteiger charge is 2.33. The van der Waals surface area contributed by atoms with Gasteiger partial charge in [-0.1, -0.05) is 29.7 Å². The first-order valence-corrected chi connectivity index (χ1v) is 7.21. The van der Waals surface area contributed by atoms with Gasteiger partial charge in [0.2, 0.25) is 0 Å². The lowest BCUT2D eigenvalue weighted by atomic mass is 9.90. The van der Waals surface area contributed by atoms with Gasteiger partial charge >= 0.3 is 0 Å². The Hall–Kier alpha value is -1.58. The molecule has 0 bridgehead atoms. The highest BCUT2D eigenvalue weighted by atomic mass is 19.2. The van der Waals surface area contributed by atoms with Gasteiger partial charge in [0.1, 0.15) is 6.04 Å². The fourth-order valence-electron chi connectivity index (χ4n) is 3.63. The van der Waals surface area contributed by atoms with Crippen LogP contribution in [0.4, 0.5) is 8.78 Å². The molecule has 2 aliphatic rings. The van der Waals surface area contributed by atoms with E-state index in [1.54, 1.807) is 6.07 Å². The third-order valence-corrected chi connectivity index (χ3v) is 4.57. The highest BCUT2D eigenvalue weighted by molar-refractivity contribution is 5.75. The Morgan fingerprint density at radius 3 is 2.45 bits per heavy atom. The summed E-state index contributed by atoms with van der Waals surface area (Å²) < 4.78 is 26.5. The van der Waals surface area contributed by atoms with Crippen molar-refractivity contribution in [2.45, 2.75) is 44.6 Å².